The van der Waals surface area contributed by atoms with E-state index >= 15 is 0 Å². The molecular formula is C8H7Cl2NO2. The minimum absolute atomic E-state index is 0.0788. The summed E-state index contributed by atoms with van der Waals surface area (Å²) in [5, 5.41) is 10.3. The number of rotatable bonds is 4. The van der Waals surface area contributed by atoms with Gasteiger partial charge in [-0.3, -0.25) is 10.1 Å². The third kappa shape index (κ3) is 3.44. The molecule has 0 aromatic rings. The number of nitrogens with zero attached hydrogens (tertiary/aromatic N) is 1. The van der Waals surface area contributed by atoms with Crippen LogP contribution in [-0.2, 0) is 0 Å². The van der Waals surface area contributed by atoms with Crippen LogP contribution in [0.1, 0.15) is 0 Å². The molecule has 0 radical (unpaired) electrons. The zero-order chi connectivity index (χ0) is 10.4. The summed E-state index contributed by atoms with van der Waals surface area (Å²) in [7, 11) is 0. The first kappa shape index (κ1) is 11.9. The van der Waals surface area contributed by atoms with Gasteiger partial charge in [-0.1, -0.05) is 42.4 Å². The fourth-order valence-electron chi connectivity index (χ4n) is 0.568. The first-order valence-electron chi connectivity index (χ1n) is 3.19. The average Bonchev–Trinajstić information content (AvgIpc) is 2.04. The number of hydrogen-bond donors (Lipinski definition) is 0. The summed E-state index contributed by atoms with van der Waals surface area (Å²) in [4.78, 5) is 9.80. The molecule has 0 aliphatic heterocycles. The van der Waals surface area contributed by atoms with Crippen LogP contribution in [0, 0.1) is 10.1 Å². The highest BCUT2D eigenvalue weighted by atomic mass is 35.5. The molecule has 0 heterocycles. The first-order valence-corrected chi connectivity index (χ1v) is 3.95. The molecule has 0 aromatic carbocycles. The van der Waals surface area contributed by atoms with E-state index in [1.54, 1.807) is 0 Å². The normalized spacial score (nSPS) is 13.2. The van der Waals surface area contributed by atoms with Crippen LogP contribution in [0.5, 0.6) is 0 Å². The number of halogens is 2. The van der Waals surface area contributed by atoms with Gasteiger partial charge in [0.25, 0.3) is 0 Å². The zero-order valence-corrected chi connectivity index (χ0v) is 8.18. The Morgan fingerprint density at radius 2 is 1.92 bits per heavy atom. The fraction of sp³-hybridized carbons (Fsp3) is 0. The molecule has 0 spiro atoms. The van der Waals surface area contributed by atoms with Gasteiger partial charge in [-0.15, -0.1) is 0 Å². The minimum atomic E-state index is -0.674. The van der Waals surface area contributed by atoms with E-state index in [0.717, 1.165) is 6.08 Å². The van der Waals surface area contributed by atoms with Crippen molar-refractivity contribution in [2.24, 2.45) is 0 Å². The van der Waals surface area contributed by atoms with E-state index in [-0.39, 0.29) is 15.8 Å². The van der Waals surface area contributed by atoms with Crippen molar-refractivity contribution in [2.75, 3.05) is 0 Å². The second kappa shape index (κ2) is 5.56. The monoisotopic (exact) mass is 219 g/mol. The van der Waals surface area contributed by atoms with Gasteiger partial charge in [-0.25, -0.2) is 0 Å². The quantitative estimate of drug-likeness (QED) is 0.414. The summed E-state index contributed by atoms with van der Waals surface area (Å²) in [6.45, 7) is 6.65. The van der Waals surface area contributed by atoms with Crippen LogP contribution in [0.2, 0.25) is 0 Å². The predicted octanol–water partition coefficient (Wildman–Crippen LogP) is 3.21. The van der Waals surface area contributed by atoms with Gasteiger partial charge in [-0.2, -0.15) is 0 Å². The van der Waals surface area contributed by atoms with E-state index in [1.165, 1.54) is 12.2 Å². The summed E-state index contributed by atoms with van der Waals surface area (Å²) in [5.74, 6) is 0. The Morgan fingerprint density at radius 1 is 1.38 bits per heavy atom. The Balaban J connectivity index is 5.28. The molecule has 0 aliphatic rings. The van der Waals surface area contributed by atoms with Crippen LogP contribution in [0.3, 0.4) is 0 Å². The topological polar surface area (TPSA) is 43.1 Å². The highest BCUT2D eigenvalue weighted by Gasteiger charge is 2.18. The Labute approximate surface area is 85.8 Å². The SMILES string of the molecule is C=C/C=C(Cl)\C(=C(\Cl)C=C)[N+](=O)[O-]. The van der Waals surface area contributed by atoms with E-state index in [1.807, 2.05) is 0 Å². The largest absolute Gasteiger partial charge is 0.306 e. The summed E-state index contributed by atoms with van der Waals surface area (Å²) in [6, 6.07) is 0. The third-order valence-corrected chi connectivity index (χ3v) is 1.72. The van der Waals surface area contributed by atoms with Gasteiger partial charge < -0.3 is 0 Å². The Kier molecular flexibility index (Phi) is 5.11. The molecule has 0 unspecified atom stereocenters. The molecule has 0 atom stereocenters. The van der Waals surface area contributed by atoms with Gasteiger partial charge in [0.1, 0.15) is 10.1 Å². The average molecular weight is 220 g/mol. The van der Waals surface area contributed by atoms with Gasteiger partial charge in [0.2, 0.25) is 0 Å². The fourth-order valence-corrected chi connectivity index (χ4v) is 1.05. The van der Waals surface area contributed by atoms with Gasteiger partial charge in [0, 0.05) is 0 Å². The van der Waals surface area contributed by atoms with Crippen molar-refractivity contribution in [3.8, 4) is 0 Å². The molecule has 70 valence electrons. The van der Waals surface area contributed by atoms with Crippen LogP contribution < -0.4 is 0 Å². The van der Waals surface area contributed by atoms with E-state index in [4.69, 9.17) is 23.2 Å². The molecule has 0 fully saturated rings. The maximum Gasteiger partial charge on any atom is 0.306 e. The minimum Gasteiger partial charge on any atom is -0.258 e. The Morgan fingerprint density at radius 3 is 2.23 bits per heavy atom. The number of hydrogen-bond acceptors (Lipinski definition) is 2. The van der Waals surface area contributed by atoms with E-state index in [2.05, 4.69) is 13.2 Å². The van der Waals surface area contributed by atoms with Crippen LogP contribution >= 0.6 is 23.2 Å². The van der Waals surface area contributed by atoms with Crippen LogP contribution in [-0.4, -0.2) is 4.92 Å². The summed E-state index contributed by atoms with van der Waals surface area (Å²) >= 11 is 11.1. The molecule has 0 aliphatic carbocycles. The molecule has 13 heavy (non-hydrogen) atoms. The molecule has 0 rings (SSSR count). The van der Waals surface area contributed by atoms with Gasteiger partial charge >= 0.3 is 5.70 Å². The summed E-state index contributed by atoms with van der Waals surface area (Å²) in [6.07, 6.45) is 3.77. The lowest BCUT2D eigenvalue weighted by molar-refractivity contribution is -0.420. The molecule has 0 saturated carbocycles. The summed E-state index contributed by atoms with van der Waals surface area (Å²) < 4.78 is 0. The van der Waals surface area contributed by atoms with Gasteiger partial charge in [0.15, 0.2) is 0 Å². The maximum atomic E-state index is 10.5. The molecule has 5 heteroatoms. The zero-order valence-electron chi connectivity index (χ0n) is 6.67. The molecule has 3 nitrogen and oxygen atoms in total. The molecule has 0 saturated heterocycles. The van der Waals surface area contributed by atoms with Crippen LogP contribution in [0.25, 0.3) is 0 Å². The smallest absolute Gasteiger partial charge is 0.258 e. The molecule has 0 amide bonds. The first-order chi connectivity index (χ1) is 6.04. The van der Waals surface area contributed by atoms with Crippen molar-refractivity contribution < 1.29 is 4.92 Å². The van der Waals surface area contributed by atoms with Crippen molar-refractivity contribution in [3.63, 3.8) is 0 Å². The Bertz CT molecular complexity index is 305. The molecule has 0 aromatic heterocycles. The maximum absolute atomic E-state index is 10.5. The molecule has 0 N–H and O–H groups in total. The number of nitro groups is 1. The third-order valence-electron chi connectivity index (χ3n) is 1.08. The predicted molar refractivity (Wildman–Crippen MR) is 54.2 cm³/mol. The number of allylic oxidation sites excluding steroid dienone is 5. The standard InChI is InChI=1S/C8H7Cl2NO2/c1-3-5-7(10)8(11(12)13)6(9)4-2/h3-5H,1-2H2/b7-5+,8-6-. The van der Waals surface area contributed by atoms with Crippen molar-refractivity contribution >= 4 is 23.2 Å². The van der Waals surface area contributed by atoms with Crippen molar-refractivity contribution in [1.82, 2.24) is 0 Å². The highest BCUT2D eigenvalue weighted by Crippen LogP contribution is 2.22. The van der Waals surface area contributed by atoms with E-state index in [0.29, 0.717) is 0 Å². The van der Waals surface area contributed by atoms with Crippen molar-refractivity contribution in [3.05, 3.63) is 57.3 Å². The lowest BCUT2D eigenvalue weighted by Crippen LogP contribution is -2.00. The lowest BCUT2D eigenvalue weighted by Gasteiger charge is -1.96. The van der Waals surface area contributed by atoms with Gasteiger partial charge in [-0.05, 0) is 12.2 Å². The van der Waals surface area contributed by atoms with Gasteiger partial charge in [0.05, 0.1) is 4.92 Å². The van der Waals surface area contributed by atoms with Crippen molar-refractivity contribution in [1.29, 1.82) is 0 Å². The van der Waals surface area contributed by atoms with Crippen LogP contribution in [0.4, 0.5) is 0 Å². The van der Waals surface area contributed by atoms with E-state index < -0.39 is 4.92 Å². The lowest BCUT2D eigenvalue weighted by atomic mass is 10.3. The van der Waals surface area contributed by atoms with Crippen LogP contribution in [0.15, 0.2) is 47.1 Å². The summed E-state index contributed by atoms with van der Waals surface area (Å²) in [5.41, 5.74) is -0.377. The van der Waals surface area contributed by atoms with Crippen molar-refractivity contribution in [2.45, 2.75) is 0 Å². The second-order valence-electron chi connectivity index (χ2n) is 1.91. The highest BCUT2D eigenvalue weighted by molar-refractivity contribution is 6.36. The second-order valence-corrected chi connectivity index (χ2v) is 2.72. The Hall–Kier alpha value is -1.06. The van der Waals surface area contributed by atoms with E-state index in [9.17, 15) is 10.1 Å². The molecular weight excluding hydrogens is 213 g/mol. The molecule has 0 bridgehead atoms.